The van der Waals surface area contributed by atoms with Gasteiger partial charge in [-0.25, -0.2) is 8.42 Å². The summed E-state index contributed by atoms with van der Waals surface area (Å²) in [5, 5.41) is 2.90. The van der Waals surface area contributed by atoms with E-state index in [0.29, 0.717) is 23.2 Å². The predicted molar refractivity (Wildman–Crippen MR) is 98.2 cm³/mol. The molecule has 0 fully saturated rings. The van der Waals surface area contributed by atoms with Gasteiger partial charge in [-0.1, -0.05) is 12.1 Å². The fourth-order valence-electron chi connectivity index (χ4n) is 3.36. The lowest BCUT2D eigenvalue weighted by atomic mass is 9.94. The van der Waals surface area contributed by atoms with Gasteiger partial charge in [-0.05, 0) is 49.9 Å². The second kappa shape index (κ2) is 6.72. The smallest absolute Gasteiger partial charge is 0.268 e. The maximum atomic E-state index is 12.7. The number of nitrogens with one attached hydrogen (secondary N) is 2. The minimum atomic E-state index is -3.25. The molecule has 7 heteroatoms. The molecule has 2 N–H and O–H groups in total. The van der Waals surface area contributed by atoms with E-state index in [9.17, 15) is 18.0 Å². The SMILES string of the molecule is Cc1c(C(=O)N[C@@H](C)c2ccc(S(C)(=O)=O)cc2)[nH]c2c1C(=O)CCC2. The topological polar surface area (TPSA) is 96.1 Å². The molecule has 2 aromatic rings. The second-order valence-corrected chi connectivity index (χ2v) is 8.81. The highest BCUT2D eigenvalue weighted by atomic mass is 32.2. The zero-order chi connectivity index (χ0) is 19.1. The Labute approximate surface area is 152 Å². The number of ketones is 1. The standard InChI is InChI=1S/C19H22N2O4S/c1-11-17-15(5-4-6-16(17)22)21-18(11)19(23)20-12(2)13-7-9-14(10-8-13)26(3,24)25/h7-10,12,21H,4-6H2,1-3H3,(H,20,23)/t12-/m0/s1. The third kappa shape index (κ3) is 3.44. The Balaban J connectivity index is 1.79. The summed E-state index contributed by atoms with van der Waals surface area (Å²) in [5.74, 6) is -0.187. The molecule has 0 unspecified atom stereocenters. The van der Waals surface area contributed by atoms with Gasteiger partial charge in [0.25, 0.3) is 5.91 Å². The average Bonchev–Trinajstić information content (AvgIpc) is 2.92. The van der Waals surface area contributed by atoms with Crippen molar-refractivity contribution < 1.29 is 18.0 Å². The first-order chi connectivity index (χ1) is 12.2. The number of hydrogen-bond donors (Lipinski definition) is 2. The maximum absolute atomic E-state index is 12.7. The molecule has 1 aliphatic carbocycles. The number of Topliss-reactive ketones (excluding diaryl/α,β-unsaturated/α-hetero) is 1. The van der Waals surface area contributed by atoms with Crippen LogP contribution in [0, 0.1) is 6.92 Å². The molecule has 0 spiro atoms. The molecular weight excluding hydrogens is 352 g/mol. The van der Waals surface area contributed by atoms with E-state index >= 15 is 0 Å². The molecule has 26 heavy (non-hydrogen) atoms. The first kappa shape index (κ1) is 18.4. The van der Waals surface area contributed by atoms with Crippen LogP contribution in [0.1, 0.15) is 63.5 Å². The summed E-state index contributed by atoms with van der Waals surface area (Å²) in [4.78, 5) is 28.1. The van der Waals surface area contributed by atoms with Gasteiger partial charge in [-0.3, -0.25) is 9.59 Å². The van der Waals surface area contributed by atoms with E-state index in [0.717, 1.165) is 30.4 Å². The highest BCUT2D eigenvalue weighted by Gasteiger charge is 2.26. The van der Waals surface area contributed by atoms with Crippen molar-refractivity contribution in [2.75, 3.05) is 6.26 Å². The van der Waals surface area contributed by atoms with E-state index in [-0.39, 0.29) is 22.6 Å². The number of benzene rings is 1. The van der Waals surface area contributed by atoms with Crippen LogP contribution in [0.4, 0.5) is 0 Å². The van der Waals surface area contributed by atoms with Crippen LogP contribution in [0.5, 0.6) is 0 Å². The number of aromatic nitrogens is 1. The lowest BCUT2D eigenvalue weighted by Crippen LogP contribution is -2.27. The van der Waals surface area contributed by atoms with Crippen LogP contribution in [0.2, 0.25) is 0 Å². The molecule has 0 radical (unpaired) electrons. The van der Waals surface area contributed by atoms with Crippen LogP contribution >= 0.6 is 0 Å². The number of carbonyl (C=O) groups is 2. The molecule has 6 nitrogen and oxygen atoms in total. The third-order valence-electron chi connectivity index (χ3n) is 4.82. The van der Waals surface area contributed by atoms with Crippen LogP contribution in [-0.2, 0) is 16.3 Å². The van der Waals surface area contributed by atoms with Crippen molar-refractivity contribution >= 4 is 21.5 Å². The fourth-order valence-corrected chi connectivity index (χ4v) is 3.99. The van der Waals surface area contributed by atoms with Gasteiger partial charge in [-0.2, -0.15) is 0 Å². The van der Waals surface area contributed by atoms with Crippen LogP contribution in [0.25, 0.3) is 0 Å². The van der Waals surface area contributed by atoms with Gasteiger partial charge < -0.3 is 10.3 Å². The minimum absolute atomic E-state index is 0.0865. The Morgan fingerprint density at radius 2 is 1.85 bits per heavy atom. The summed E-state index contributed by atoms with van der Waals surface area (Å²) >= 11 is 0. The molecular formula is C19H22N2O4S. The maximum Gasteiger partial charge on any atom is 0.268 e. The molecule has 138 valence electrons. The summed E-state index contributed by atoms with van der Waals surface area (Å²) in [5.41, 5.74) is 3.42. The Morgan fingerprint density at radius 1 is 1.19 bits per heavy atom. The first-order valence-corrected chi connectivity index (χ1v) is 10.4. The molecule has 1 aliphatic rings. The zero-order valence-corrected chi connectivity index (χ0v) is 15.9. The summed E-state index contributed by atoms with van der Waals surface area (Å²) in [7, 11) is -3.25. The molecule has 1 amide bonds. The van der Waals surface area contributed by atoms with Crippen molar-refractivity contribution in [2.45, 2.75) is 44.0 Å². The zero-order valence-electron chi connectivity index (χ0n) is 15.0. The van der Waals surface area contributed by atoms with Gasteiger partial charge in [0.2, 0.25) is 0 Å². The third-order valence-corrected chi connectivity index (χ3v) is 5.95. The summed E-state index contributed by atoms with van der Waals surface area (Å²) < 4.78 is 23.1. The van der Waals surface area contributed by atoms with Gasteiger partial charge in [0.15, 0.2) is 15.6 Å². The Kier molecular flexibility index (Phi) is 4.75. The van der Waals surface area contributed by atoms with Crippen molar-refractivity contribution in [3.8, 4) is 0 Å². The number of fused-ring (bicyclic) bond motifs is 1. The van der Waals surface area contributed by atoms with Crippen LogP contribution < -0.4 is 5.32 Å². The van der Waals surface area contributed by atoms with Crippen molar-refractivity contribution in [3.63, 3.8) is 0 Å². The van der Waals surface area contributed by atoms with Crippen LogP contribution in [0.15, 0.2) is 29.2 Å². The van der Waals surface area contributed by atoms with Gasteiger partial charge >= 0.3 is 0 Å². The van der Waals surface area contributed by atoms with Crippen molar-refractivity contribution in [1.82, 2.24) is 10.3 Å². The number of aryl methyl sites for hydroxylation is 1. The lowest BCUT2D eigenvalue weighted by Gasteiger charge is -2.14. The van der Waals surface area contributed by atoms with Crippen LogP contribution in [0.3, 0.4) is 0 Å². The number of sulfone groups is 1. The molecule has 0 aliphatic heterocycles. The number of carbonyl (C=O) groups excluding carboxylic acids is 2. The summed E-state index contributed by atoms with van der Waals surface area (Å²) in [6, 6.07) is 6.15. The van der Waals surface area contributed by atoms with Gasteiger partial charge in [0.05, 0.1) is 10.9 Å². The first-order valence-electron chi connectivity index (χ1n) is 8.54. The fraction of sp³-hybridized carbons (Fsp3) is 0.368. The molecule has 0 saturated carbocycles. The normalized spacial score (nSPS) is 15.4. The number of hydrogen-bond acceptors (Lipinski definition) is 4. The van der Waals surface area contributed by atoms with E-state index < -0.39 is 9.84 Å². The molecule has 1 atom stereocenters. The largest absolute Gasteiger partial charge is 0.354 e. The number of H-pyrrole nitrogens is 1. The van der Waals surface area contributed by atoms with Crippen molar-refractivity contribution in [2.24, 2.45) is 0 Å². The average molecular weight is 374 g/mol. The second-order valence-electron chi connectivity index (χ2n) is 6.79. The molecule has 1 aromatic carbocycles. The Morgan fingerprint density at radius 3 is 2.42 bits per heavy atom. The van der Waals surface area contributed by atoms with E-state index in [1.807, 2.05) is 6.92 Å². The van der Waals surface area contributed by atoms with E-state index in [1.54, 1.807) is 19.1 Å². The minimum Gasteiger partial charge on any atom is -0.354 e. The number of amides is 1. The van der Waals surface area contributed by atoms with E-state index in [4.69, 9.17) is 0 Å². The van der Waals surface area contributed by atoms with Gasteiger partial charge in [0.1, 0.15) is 5.69 Å². The predicted octanol–water partition coefficient (Wildman–Crippen LogP) is 2.74. The van der Waals surface area contributed by atoms with Gasteiger partial charge in [0, 0.05) is 23.9 Å². The molecule has 1 aromatic heterocycles. The Hall–Kier alpha value is -2.41. The highest BCUT2D eigenvalue weighted by molar-refractivity contribution is 7.90. The summed E-state index contributed by atoms with van der Waals surface area (Å²) in [6.07, 6.45) is 3.26. The monoisotopic (exact) mass is 374 g/mol. The van der Waals surface area contributed by atoms with Gasteiger partial charge in [-0.15, -0.1) is 0 Å². The quantitative estimate of drug-likeness (QED) is 0.860. The van der Waals surface area contributed by atoms with E-state index in [2.05, 4.69) is 10.3 Å². The Bertz CT molecular complexity index is 972. The number of aromatic amines is 1. The van der Waals surface area contributed by atoms with Crippen molar-refractivity contribution in [3.05, 3.63) is 52.3 Å². The molecule has 0 bridgehead atoms. The molecule has 1 heterocycles. The number of rotatable bonds is 4. The molecule has 3 rings (SSSR count). The molecule has 0 saturated heterocycles. The van der Waals surface area contributed by atoms with E-state index in [1.165, 1.54) is 12.1 Å². The lowest BCUT2D eigenvalue weighted by molar-refractivity contribution is 0.0934. The summed E-state index contributed by atoms with van der Waals surface area (Å²) in [6.45, 7) is 3.62. The highest BCUT2D eigenvalue weighted by Crippen LogP contribution is 2.27. The van der Waals surface area contributed by atoms with Crippen LogP contribution in [-0.4, -0.2) is 31.3 Å². The van der Waals surface area contributed by atoms with Crippen molar-refractivity contribution in [1.29, 1.82) is 0 Å².